The number of allylic oxidation sites excluding steroid dienone is 1. The quantitative estimate of drug-likeness (QED) is 0.337. The van der Waals surface area contributed by atoms with Crippen LogP contribution < -0.4 is 15.0 Å². The average Bonchev–Trinajstić information content (AvgIpc) is 2.93. The molecule has 41 heavy (non-hydrogen) atoms. The summed E-state index contributed by atoms with van der Waals surface area (Å²) in [6.07, 6.45) is 6.07. The Bertz CT molecular complexity index is 1630. The monoisotopic (exact) mass is 559 g/mol. The number of phenols is 1. The second kappa shape index (κ2) is 11.6. The molecule has 2 aliphatic rings. The molecule has 1 aromatic heterocycles. The summed E-state index contributed by atoms with van der Waals surface area (Å²) in [4.78, 5) is 51.9. The molecule has 0 spiro atoms. The van der Waals surface area contributed by atoms with Crippen molar-refractivity contribution in [3.05, 3.63) is 69.0 Å². The number of aromatic hydroxyl groups is 1. The van der Waals surface area contributed by atoms with Crippen LogP contribution in [-0.4, -0.2) is 40.6 Å². The number of benzene rings is 2. The molecule has 5 rings (SSSR count). The molecule has 214 valence electrons. The van der Waals surface area contributed by atoms with Crippen molar-refractivity contribution in [2.75, 3.05) is 7.11 Å². The third kappa shape index (κ3) is 5.62. The van der Waals surface area contributed by atoms with Crippen LogP contribution in [0, 0.1) is 0 Å². The van der Waals surface area contributed by atoms with Crippen LogP contribution in [0.5, 0.6) is 17.2 Å². The standard InChI is InChI=1S/C32H33NO8/c1-18-8-7-11-21(34)10-6-4-5-9-20-15-26-29(30(36)28(20)32(38)40-18)23(17-27(35)41-26)24-14-19-12-13-22(39-3)16-25(19)33(2)31(24)37/h5,9,12-16,18,23,36H,4,6-8,10-11,17H2,1-3H3/t18-,23-/m0/s1. The van der Waals surface area contributed by atoms with Crippen LogP contribution in [0.2, 0.25) is 0 Å². The Labute approximate surface area is 237 Å². The summed E-state index contributed by atoms with van der Waals surface area (Å²) in [7, 11) is 3.18. The Balaban J connectivity index is 1.66. The topological polar surface area (TPSA) is 121 Å². The van der Waals surface area contributed by atoms with Gasteiger partial charge in [0, 0.05) is 43.0 Å². The first kappa shape index (κ1) is 28.1. The van der Waals surface area contributed by atoms with Crippen molar-refractivity contribution in [3.63, 3.8) is 0 Å². The van der Waals surface area contributed by atoms with Crippen molar-refractivity contribution >= 4 is 34.7 Å². The van der Waals surface area contributed by atoms with Gasteiger partial charge in [0.15, 0.2) is 0 Å². The van der Waals surface area contributed by atoms with Crippen LogP contribution in [0.15, 0.2) is 41.2 Å². The number of rotatable bonds is 2. The maximum Gasteiger partial charge on any atom is 0.342 e. The van der Waals surface area contributed by atoms with E-state index in [0.29, 0.717) is 60.9 Å². The van der Waals surface area contributed by atoms with Gasteiger partial charge in [0.25, 0.3) is 5.56 Å². The Morgan fingerprint density at radius 2 is 1.83 bits per heavy atom. The average molecular weight is 560 g/mol. The third-order valence-electron chi connectivity index (χ3n) is 7.82. The molecular formula is C32H33NO8. The number of fused-ring (bicyclic) bond motifs is 3. The Hall–Kier alpha value is -4.40. The zero-order valence-corrected chi connectivity index (χ0v) is 23.4. The summed E-state index contributed by atoms with van der Waals surface area (Å²) in [5, 5.41) is 12.4. The highest BCUT2D eigenvalue weighted by molar-refractivity contribution is 5.99. The summed E-state index contributed by atoms with van der Waals surface area (Å²) in [6.45, 7) is 1.75. The lowest BCUT2D eigenvalue weighted by Gasteiger charge is -2.28. The predicted molar refractivity (Wildman–Crippen MR) is 153 cm³/mol. The number of cyclic esters (lactones) is 1. The third-order valence-corrected chi connectivity index (χ3v) is 7.82. The van der Waals surface area contributed by atoms with E-state index in [0.717, 1.165) is 5.39 Å². The minimum absolute atomic E-state index is 0.0507. The summed E-state index contributed by atoms with van der Waals surface area (Å²) >= 11 is 0. The van der Waals surface area contributed by atoms with Crippen molar-refractivity contribution < 1.29 is 33.7 Å². The summed E-state index contributed by atoms with van der Waals surface area (Å²) in [6, 6.07) is 8.59. The highest BCUT2D eigenvalue weighted by Gasteiger charge is 2.37. The number of esters is 2. The number of carbonyl (C=O) groups is 3. The van der Waals surface area contributed by atoms with Crippen LogP contribution in [0.3, 0.4) is 0 Å². The summed E-state index contributed by atoms with van der Waals surface area (Å²) in [5.74, 6) is -1.65. The fraction of sp³-hybridized carbons (Fsp3) is 0.375. The number of ketones is 1. The number of ether oxygens (including phenoxy) is 3. The molecule has 3 heterocycles. The van der Waals surface area contributed by atoms with E-state index >= 15 is 0 Å². The number of hydrogen-bond donors (Lipinski definition) is 1. The number of aryl methyl sites for hydroxylation is 1. The molecule has 2 aromatic carbocycles. The van der Waals surface area contributed by atoms with Gasteiger partial charge in [-0.15, -0.1) is 0 Å². The Morgan fingerprint density at radius 1 is 1.05 bits per heavy atom. The van der Waals surface area contributed by atoms with Crippen LogP contribution in [-0.2, 0) is 21.4 Å². The number of methoxy groups -OCH3 is 1. The molecule has 0 radical (unpaired) electrons. The lowest BCUT2D eigenvalue weighted by atomic mass is 9.83. The number of hydrogen-bond acceptors (Lipinski definition) is 8. The lowest BCUT2D eigenvalue weighted by molar-refractivity contribution is -0.135. The smallest absolute Gasteiger partial charge is 0.342 e. The van der Waals surface area contributed by atoms with E-state index in [9.17, 15) is 24.3 Å². The van der Waals surface area contributed by atoms with Gasteiger partial charge in [-0.2, -0.15) is 0 Å². The molecule has 9 heteroatoms. The minimum Gasteiger partial charge on any atom is -0.507 e. The van der Waals surface area contributed by atoms with Gasteiger partial charge in [-0.1, -0.05) is 12.2 Å². The number of nitrogens with zero attached hydrogens (tertiary/aromatic N) is 1. The Morgan fingerprint density at radius 3 is 2.61 bits per heavy atom. The molecule has 1 N–H and O–H groups in total. The molecule has 9 nitrogen and oxygen atoms in total. The van der Waals surface area contributed by atoms with E-state index in [1.54, 1.807) is 45.4 Å². The van der Waals surface area contributed by atoms with Gasteiger partial charge in [0.05, 0.1) is 25.2 Å². The molecule has 0 amide bonds. The van der Waals surface area contributed by atoms with Gasteiger partial charge in [-0.05, 0) is 67.8 Å². The van der Waals surface area contributed by atoms with Gasteiger partial charge in [-0.3, -0.25) is 14.4 Å². The molecule has 2 aliphatic heterocycles. The minimum atomic E-state index is -0.852. The SMILES string of the molecule is COc1ccc2cc([C@@H]3CC(=O)Oc4cc5c(c(O)c43)C(=O)O[C@@H](C)CCCC(=O)CCCC=C5)c(=O)n(C)c2c1. The molecule has 0 saturated heterocycles. The number of carbonyl (C=O) groups excluding carboxylic acids is 3. The molecular weight excluding hydrogens is 526 g/mol. The first-order valence-electron chi connectivity index (χ1n) is 13.8. The maximum atomic E-state index is 13.6. The van der Waals surface area contributed by atoms with E-state index < -0.39 is 24.0 Å². The van der Waals surface area contributed by atoms with E-state index in [2.05, 4.69) is 0 Å². The summed E-state index contributed by atoms with van der Waals surface area (Å²) in [5.41, 5.74) is 1.06. The first-order valence-corrected chi connectivity index (χ1v) is 13.8. The van der Waals surface area contributed by atoms with E-state index in [1.165, 1.54) is 10.6 Å². The fourth-order valence-corrected chi connectivity index (χ4v) is 5.63. The Kier molecular flexibility index (Phi) is 7.97. The molecule has 0 aliphatic carbocycles. The van der Waals surface area contributed by atoms with Gasteiger partial charge in [0.2, 0.25) is 0 Å². The van der Waals surface area contributed by atoms with E-state index in [-0.39, 0.29) is 40.4 Å². The molecule has 0 fully saturated rings. The van der Waals surface area contributed by atoms with Gasteiger partial charge in [0.1, 0.15) is 28.6 Å². The number of pyridine rings is 1. The second-order valence-electron chi connectivity index (χ2n) is 10.7. The van der Waals surface area contributed by atoms with Gasteiger partial charge in [-0.25, -0.2) is 4.79 Å². The largest absolute Gasteiger partial charge is 0.507 e. The molecule has 0 saturated carbocycles. The van der Waals surface area contributed by atoms with E-state index in [1.807, 2.05) is 12.1 Å². The van der Waals surface area contributed by atoms with E-state index in [4.69, 9.17) is 14.2 Å². The van der Waals surface area contributed by atoms with Crippen molar-refractivity contribution in [3.8, 4) is 17.2 Å². The lowest BCUT2D eigenvalue weighted by Crippen LogP contribution is -2.29. The van der Waals surface area contributed by atoms with Crippen molar-refractivity contribution in [1.82, 2.24) is 4.57 Å². The van der Waals surface area contributed by atoms with Crippen molar-refractivity contribution in [1.29, 1.82) is 0 Å². The van der Waals surface area contributed by atoms with Crippen LogP contribution in [0.4, 0.5) is 0 Å². The second-order valence-corrected chi connectivity index (χ2v) is 10.7. The fourth-order valence-electron chi connectivity index (χ4n) is 5.63. The molecule has 0 unspecified atom stereocenters. The van der Waals surface area contributed by atoms with Crippen molar-refractivity contribution in [2.24, 2.45) is 7.05 Å². The highest BCUT2D eigenvalue weighted by Crippen LogP contribution is 2.47. The molecule has 0 bridgehead atoms. The summed E-state index contributed by atoms with van der Waals surface area (Å²) < 4.78 is 18.0. The first-order chi connectivity index (χ1) is 19.7. The number of phenolic OH excluding ortho intramolecular Hbond substituents is 1. The normalized spacial score (nSPS) is 20.0. The zero-order chi connectivity index (χ0) is 29.3. The van der Waals surface area contributed by atoms with Crippen LogP contribution in [0.1, 0.15) is 84.8 Å². The molecule has 2 atom stereocenters. The zero-order valence-electron chi connectivity index (χ0n) is 23.4. The van der Waals surface area contributed by atoms with Crippen LogP contribution in [0.25, 0.3) is 17.0 Å². The maximum absolute atomic E-state index is 13.6. The van der Waals surface area contributed by atoms with Gasteiger partial charge < -0.3 is 23.9 Å². The number of Topliss-reactive ketones (excluding diaryl/α,β-unsaturated/α-hetero) is 1. The van der Waals surface area contributed by atoms with Crippen molar-refractivity contribution in [2.45, 2.75) is 63.9 Å². The van der Waals surface area contributed by atoms with Crippen LogP contribution >= 0.6 is 0 Å². The predicted octanol–water partition coefficient (Wildman–Crippen LogP) is 5.18. The highest BCUT2D eigenvalue weighted by atomic mass is 16.5. The number of aromatic nitrogens is 1. The van der Waals surface area contributed by atoms with Gasteiger partial charge >= 0.3 is 11.9 Å². The molecule has 3 aromatic rings.